The van der Waals surface area contributed by atoms with Crippen molar-refractivity contribution in [2.24, 2.45) is 0 Å². The van der Waals surface area contributed by atoms with Gasteiger partial charge in [0.25, 0.3) is 0 Å². The molecule has 0 aromatic heterocycles. The Bertz CT molecular complexity index is 360. The van der Waals surface area contributed by atoms with Crippen molar-refractivity contribution in [2.75, 3.05) is 16.9 Å². The maximum atomic E-state index is 10.2. The lowest BCUT2D eigenvalue weighted by Crippen LogP contribution is -2.04. The minimum atomic E-state index is -0.830. The Morgan fingerprint density at radius 3 is 2.80 bits per heavy atom. The zero-order valence-electron chi connectivity index (χ0n) is 7.67. The maximum Gasteiger partial charge on any atom is 0.313 e. The van der Waals surface area contributed by atoms with Crippen LogP contribution >= 0.6 is 35.0 Å². The third kappa shape index (κ3) is 4.64. The largest absolute Gasteiger partial charge is 0.481 e. The van der Waals surface area contributed by atoms with E-state index in [2.05, 4.69) is 5.32 Å². The number of carboxylic acid groups (broad SMARTS) is 1. The zero-order chi connectivity index (χ0) is 11.3. The smallest absolute Gasteiger partial charge is 0.313 e. The van der Waals surface area contributed by atoms with Crippen LogP contribution in [0.1, 0.15) is 0 Å². The molecule has 0 unspecified atom stereocenters. The number of hydrogen-bond acceptors (Lipinski definition) is 3. The second-order valence-electron chi connectivity index (χ2n) is 2.69. The van der Waals surface area contributed by atoms with Gasteiger partial charge in [-0.1, -0.05) is 23.2 Å². The molecular formula is C9H9Cl2NO2S. The highest BCUT2D eigenvalue weighted by molar-refractivity contribution is 8.00. The fraction of sp³-hybridized carbons (Fsp3) is 0.222. The Kier molecular flexibility index (Phi) is 5.08. The van der Waals surface area contributed by atoms with E-state index in [-0.39, 0.29) is 5.75 Å². The number of hydrogen-bond donors (Lipinski definition) is 2. The van der Waals surface area contributed by atoms with Crippen LogP contribution in [0.5, 0.6) is 0 Å². The summed E-state index contributed by atoms with van der Waals surface area (Å²) in [5, 5.41) is 12.5. The Morgan fingerprint density at radius 2 is 2.20 bits per heavy atom. The van der Waals surface area contributed by atoms with Crippen LogP contribution in [-0.4, -0.2) is 22.7 Å². The lowest BCUT2D eigenvalue weighted by atomic mass is 10.3. The molecule has 15 heavy (non-hydrogen) atoms. The molecule has 0 heterocycles. The van der Waals surface area contributed by atoms with Crippen molar-refractivity contribution >= 4 is 46.6 Å². The molecular weight excluding hydrogens is 257 g/mol. The van der Waals surface area contributed by atoms with Gasteiger partial charge in [-0.15, -0.1) is 11.8 Å². The predicted molar refractivity (Wildman–Crippen MR) is 65.0 cm³/mol. The molecule has 0 aliphatic heterocycles. The van der Waals surface area contributed by atoms with E-state index in [1.807, 2.05) is 0 Å². The fourth-order valence-corrected chi connectivity index (χ4v) is 1.91. The van der Waals surface area contributed by atoms with Crippen molar-refractivity contribution in [3.8, 4) is 0 Å². The predicted octanol–water partition coefficient (Wildman–Crippen LogP) is 3.18. The van der Waals surface area contributed by atoms with E-state index in [4.69, 9.17) is 28.3 Å². The van der Waals surface area contributed by atoms with Crippen molar-refractivity contribution in [3.63, 3.8) is 0 Å². The minimum Gasteiger partial charge on any atom is -0.481 e. The number of nitrogens with one attached hydrogen (secondary N) is 1. The summed E-state index contributed by atoms with van der Waals surface area (Å²) in [5.74, 6) is -0.268. The molecule has 0 amide bonds. The summed E-state index contributed by atoms with van der Waals surface area (Å²) in [4.78, 5) is 10.2. The third-order valence-electron chi connectivity index (χ3n) is 1.52. The van der Waals surface area contributed by atoms with E-state index in [1.54, 1.807) is 18.2 Å². The van der Waals surface area contributed by atoms with Gasteiger partial charge in [0.15, 0.2) is 0 Å². The number of anilines is 1. The normalized spacial score (nSPS) is 10.0. The first-order chi connectivity index (χ1) is 7.09. The third-order valence-corrected chi connectivity index (χ3v) is 2.87. The van der Waals surface area contributed by atoms with Gasteiger partial charge in [-0.3, -0.25) is 4.79 Å². The number of rotatable bonds is 5. The number of aliphatic carboxylic acids is 1. The molecule has 0 saturated carbocycles. The van der Waals surface area contributed by atoms with Crippen LogP contribution < -0.4 is 5.32 Å². The topological polar surface area (TPSA) is 49.3 Å². The quantitative estimate of drug-likeness (QED) is 0.634. The molecule has 0 bridgehead atoms. The molecule has 0 fully saturated rings. The van der Waals surface area contributed by atoms with Gasteiger partial charge in [0.2, 0.25) is 0 Å². The van der Waals surface area contributed by atoms with E-state index in [9.17, 15) is 4.79 Å². The lowest BCUT2D eigenvalue weighted by Gasteiger charge is -2.07. The Morgan fingerprint density at radius 1 is 1.47 bits per heavy atom. The molecule has 0 spiro atoms. The van der Waals surface area contributed by atoms with Crippen LogP contribution in [0.2, 0.25) is 10.0 Å². The maximum absolute atomic E-state index is 10.2. The second kappa shape index (κ2) is 6.10. The number of thioether (sulfide) groups is 1. The van der Waals surface area contributed by atoms with Crippen molar-refractivity contribution in [1.82, 2.24) is 0 Å². The van der Waals surface area contributed by atoms with Crippen LogP contribution in [0.25, 0.3) is 0 Å². The van der Waals surface area contributed by atoms with Gasteiger partial charge in [0, 0.05) is 5.02 Å². The van der Waals surface area contributed by atoms with Gasteiger partial charge >= 0.3 is 5.97 Å². The van der Waals surface area contributed by atoms with Crippen LogP contribution in [0, 0.1) is 0 Å². The highest BCUT2D eigenvalue weighted by Gasteiger charge is 2.01. The van der Waals surface area contributed by atoms with Crippen molar-refractivity contribution in [1.29, 1.82) is 0 Å². The van der Waals surface area contributed by atoms with Gasteiger partial charge in [0.05, 0.1) is 22.3 Å². The summed E-state index contributed by atoms with van der Waals surface area (Å²) >= 11 is 12.9. The van der Waals surface area contributed by atoms with Crippen molar-refractivity contribution in [3.05, 3.63) is 28.2 Å². The van der Waals surface area contributed by atoms with Gasteiger partial charge in [-0.2, -0.15) is 0 Å². The molecule has 82 valence electrons. The van der Waals surface area contributed by atoms with Gasteiger partial charge in [0.1, 0.15) is 0 Å². The highest BCUT2D eigenvalue weighted by atomic mass is 35.5. The van der Waals surface area contributed by atoms with E-state index in [0.717, 1.165) is 5.69 Å². The van der Waals surface area contributed by atoms with E-state index >= 15 is 0 Å². The number of halogens is 2. The monoisotopic (exact) mass is 265 g/mol. The summed E-state index contributed by atoms with van der Waals surface area (Å²) in [6, 6.07) is 5.11. The van der Waals surface area contributed by atoms with Crippen molar-refractivity contribution in [2.45, 2.75) is 0 Å². The fourth-order valence-electron chi connectivity index (χ4n) is 0.900. The molecule has 0 atom stereocenters. The van der Waals surface area contributed by atoms with Crippen LogP contribution in [0.15, 0.2) is 18.2 Å². The summed E-state index contributed by atoms with van der Waals surface area (Å²) in [6.45, 7) is 0. The van der Waals surface area contributed by atoms with Crippen LogP contribution in [-0.2, 0) is 4.79 Å². The minimum absolute atomic E-state index is 0.0677. The second-order valence-corrected chi connectivity index (χ2v) is 4.52. The molecule has 0 aliphatic rings. The molecule has 0 aliphatic carbocycles. The Hall–Kier alpha value is -0.580. The zero-order valence-corrected chi connectivity index (χ0v) is 9.99. The Labute approximate surface area is 102 Å². The molecule has 1 aromatic rings. The summed E-state index contributed by atoms with van der Waals surface area (Å²) in [6.07, 6.45) is 0. The van der Waals surface area contributed by atoms with E-state index < -0.39 is 5.97 Å². The SMILES string of the molecule is O=C(O)CSCNc1ccc(Cl)cc1Cl. The first kappa shape index (κ1) is 12.5. The van der Waals surface area contributed by atoms with E-state index in [1.165, 1.54) is 11.8 Å². The molecule has 3 nitrogen and oxygen atoms in total. The van der Waals surface area contributed by atoms with Gasteiger partial charge < -0.3 is 10.4 Å². The average molecular weight is 266 g/mol. The number of carbonyl (C=O) groups is 1. The Balaban J connectivity index is 2.40. The van der Waals surface area contributed by atoms with Gasteiger partial charge in [-0.05, 0) is 18.2 Å². The van der Waals surface area contributed by atoms with Crippen LogP contribution in [0.4, 0.5) is 5.69 Å². The molecule has 6 heteroatoms. The molecule has 0 saturated heterocycles. The first-order valence-electron chi connectivity index (χ1n) is 4.08. The average Bonchev–Trinajstić information content (AvgIpc) is 2.14. The lowest BCUT2D eigenvalue weighted by molar-refractivity contribution is -0.133. The van der Waals surface area contributed by atoms with Gasteiger partial charge in [-0.25, -0.2) is 0 Å². The number of benzene rings is 1. The van der Waals surface area contributed by atoms with E-state index in [0.29, 0.717) is 15.9 Å². The standard InChI is InChI=1S/C9H9Cl2NO2S/c10-6-1-2-8(7(11)3-6)12-5-15-4-9(13)14/h1-3,12H,4-5H2,(H,13,14). The molecule has 0 radical (unpaired) electrons. The van der Waals surface area contributed by atoms with Crippen molar-refractivity contribution < 1.29 is 9.90 Å². The number of carboxylic acids is 1. The first-order valence-corrected chi connectivity index (χ1v) is 5.99. The molecule has 1 rings (SSSR count). The summed E-state index contributed by atoms with van der Waals surface area (Å²) in [7, 11) is 0. The summed E-state index contributed by atoms with van der Waals surface area (Å²) < 4.78 is 0. The molecule has 1 aromatic carbocycles. The summed E-state index contributed by atoms with van der Waals surface area (Å²) in [5.41, 5.74) is 0.749. The molecule has 2 N–H and O–H groups in total. The highest BCUT2D eigenvalue weighted by Crippen LogP contribution is 2.25. The van der Waals surface area contributed by atoms with Crippen LogP contribution in [0.3, 0.4) is 0 Å².